The van der Waals surface area contributed by atoms with E-state index < -0.39 is 10.0 Å². The third-order valence-corrected chi connectivity index (χ3v) is 5.64. The van der Waals surface area contributed by atoms with Crippen molar-refractivity contribution in [3.8, 4) is 0 Å². The highest BCUT2D eigenvalue weighted by Crippen LogP contribution is 2.22. The zero-order chi connectivity index (χ0) is 13.9. The maximum Gasteiger partial charge on any atom is 0.218 e. The first-order valence-corrected chi connectivity index (χ1v) is 8.38. The highest BCUT2D eigenvalue weighted by Gasteiger charge is 2.26. The summed E-state index contributed by atoms with van der Waals surface area (Å²) in [5.41, 5.74) is 7.39. The molecule has 2 N–H and O–H groups in total. The van der Waals surface area contributed by atoms with Crippen molar-refractivity contribution < 1.29 is 8.42 Å². The molecule has 0 aliphatic carbocycles. The van der Waals surface area contributed by atoms with Gasteiger partial charge in [-0.15, -0.1) is 12.4 Å². The van der Waals surface area contributed by atoms with E-state index in [-0.39, 0.29) is 18.2 Å². The van der Waals surface area contributed by atoms with Crippen LogP contribution in [-0.4, -0.2) is 25.8 Å². The lowest BCUT2D eigenvalue weighted by atomic mass is 10.0. The molecular formula is C14H23ClN2O2S. The van der Waals surface area contributed by atoms with Crippen LogP contribution in [0, 0.1) is 5.92 Å². The summed E-state index contributed by atoms with van der Waals surface area (Å²) < 4.78 is 26.5. The smallest absolute Gasteiger partial charge is 0.218 e. The lowest BCUT2D eigenvalue weighted by Gasteiger charge is -2.29. The Morgan fingerprint density at radius 1 is 1.20 bits per heavy atom. The molecule has 2 rings (SSSR count). The van der Waals surface area contributed by atoms with Crippen molar-refractivity contribution in [2.45, 2.75) is 32.1 Å². The van der Waals surface area contributed by atoms with Gasteiger partial charge < -0.3 is 5.73 Å². The summed E-state index contributed by atoms with van der Waals surface area (Å²) in [5, 5.41) is 0. The van der Waals surface area contributed by atoms with E-state index in [0.29, 0.717) is 25.6 Å². The molecule has 1 aliphatic rings. The summed E-state index contributed by atoms with van der Waals surface area (Å²) in [7, 11) is -3.21. The van der Waals surface area contributed by atoms with Gasteiger partial charge in [-0.25, -0.2) is 12.7 Å². The fraction of sp³-hybridized carbons (Fsp3) is 0.571. The molecule has 1 heterocycles. The molecule has 0 amide bonds. The molecule has 1 aromatic carbocycles. The Morgan fingerprint density at radius 3 is 2.30 bits per heavy atom. The highest BCUT2D eigenvalue weighted by atomic mass is 35.5. The van der Waals surface area contributed by atoms with Crippen LogP contribution in [0.5, 0.6) is 0 Å². The molecule has 1 saturated heterocycles. The topological polar surface area (TPSA) is 63.4 Å². The van der Waals surface area contributed by atoms with E-state index in [1.54, 1.807) is 4.31 Å². The number of rotatable bonds is 4. The second-order valence-electron chi connectivity index (χ2n) is 5.31. The lowest BCUT2D eigenvalue weighted by Crippen LogP contribution is -2.38. The molecule has 20 heavy (non-hydrogen) atoms. The molecule has 0 saturated carbocycles. The minimum absolute atomic E-state index is 0. The molecular weight excluding hydrogens is 296 g/mol. The third-order valence-electron chi connectivity index (χ3n) is 3.81. The zero-order valence-corrected chi connectivity index (χ0v) is 13.4. The SMILES string of the molecule is CC1CCN(S(=O)(=O)Cc2ccccc2CN)CC1.Cl. The van der Waals surface area contributed by atoms with E-state index in [1.165, 1.54) is 0 Å². The first-order chi connectivity index (χ1) is 9.03. The van der Waals surface area contributed by atoms with Gasteiger partial charge in [-0.05, 0) is 29.9 Å². The lowest BCUT2D eigenvalue weighted by molar-refractivity contribution is 0.287. The Kier molecular flexibility index (Phi) is 6.45. The molecule has 0 radical (unpaired) electrons. The minimum Gasteiger partial charge on any atom is -0.326 e. The first kappa shape index (κ1) is 17.4. The van der Waals surface area contributed by atoms with E-state index in [0.717, 1.165) is 24.0 Å². The number of nitrogens with two attached hydrogens (primary N) is 1. The van der Waals surface area contributed by atoms with Crippen molar-refractivity contribution in [3.63, 3.8) is 0 Å². The minimum atomic E-state index is -3.21. The molecule has 0 aromatic heterocycles. The summed E-state index contributed by atoms with van der Waals surface area (Å²) >= 11 is 0. The van der Waals surface area contributed by atoms with Crippen LogP contribution in [0.2, 0.25) is 0 Å². The molecule has 114 valence electrons. The number of sulfonamides is 1. The van der Waals surface area contributed by atoms with E-state index in [9.17, 15) is 8.42 Å². The van der Waals surface area contributed by atoms with Gasteiger partial charge in [-0.1, -0.05) is 31.2 Å². The molecule has 4 nitrogen and oxygen atoms in total. The Morgan fingerprint density at radius 2 is 1.75 bits per heavy atom. The van der Waals surface area contributed by atoms with Gasteiger partial charge in [0.25, 0.3) is 0 Å². The molecule has 1 aromatic rings. The van der Waals surface area contributed by atoms with Crippen LogP contribution in [-0.2, 0) is 22.3 Å². The van der Waals surface area contributed by atoms with Crippen molar-refractivity contribution in [2.75, 3.05) is 13.1 Å². The quantitative estimate of drug-likeness (QED) is 0.925. The van der Waals surface area contributed by atoms with E-state index in [2.05, 4.69) is 6.92 Å². The number of piperidine rings is 1. The van der Waals surface area contributed by atoms with E-state index in [4.69, 9.17) is 5.73 Å². The summed E-state index contributed by atoms with van der Waals surface area (Å²) in [5.74, 6) is 0.692. The van der Waals surface area contributed by atoms with Crippen molar-refractivity contribution in [1.29, 1.82) is 0 Å². The monoisotopic (exact) mass is 318 g/mol. The molecule has 0 atom stereocenters. The molecule has 1 fully saturated rings. The number of nitrogens with zero attached hydrogens (tertiary/aromatic N) is 1. The van der Waals surface area contributed by atoms with Gasteiger partial charge in [0.1, 0.15) is 0 Å². The third kappa shape index (κ3) is 4.19. The van der Waals surface area contributed by atoms with E-state index >= 15 is 0 Å². The molecule has 0 spiro atoms. The fourth-order valence-electron chi connectivity index (χ4n) is 2.45. The van der Waals surface area contributed by atoms with Crippen molar-refractivity contribution in [3.05, 3.63) is 35.4 Å². The van der Waals surface area contributed by atoms with Crippen LogP contribution in [0.25, 0.3) is 0 Å². The van der Waals surface area contributed by atoms with Gasteiger partial charge in [0.2, 0.25) is 10.0 Å². The second-order valence-corrected chi connectivity index (χ2v) is 7.28. The van der Waals surface area contributed by atoms with Crippen LogP contribution in [0.1, 0.15) is 30.9 Å². The van der Waals surface area contributed by atoms with Crippen LogP contribution in [0.15, 0.2) is 24.3 Å². The standard InChI is InChI=1S/C14H22N2O2S.ClH/c1-12-6-8-16(9-7-12)19(17,18)11-14-5-3-2-4-13(14)10-15;/h2-5,12H,6-11,15H2,1H3;1H. The van der Waals surface area contributed by atoms with Crippen molar-refractivity contribution >= 4 is 22.4 Å². The molecule has 0 bridgehead atoms. The molecule has 6 heteroatoms. The number of benzene rings is 1. The highest BCUT2D eigenvalue weighted by molar-refractivity contribution is 7.88. The first-order valence-electron chi connectivity index (χ1n) is 6.77. The average Bonchev–Trinajstić information content (AvgIpc) is 2.39. The van der Waals surface area contributed by atoms with Crippen LogP contribution in [0.4, 0.5) is 0 Å². The van der Waals surface area contributed by atoms with Gasteiger partial charge >= 0.3 is 0 Å². The van der Waals surface area contributed by atoms with Gasteiger partial charge in [0, 0.05) is 19.6 Å². The van der Waals surface area contributed by atoms with Gasteiger partial charge in [-0.2, -0.15) is 0 Å². The maximum absolute atomic E-state index is 12.4. The predicted octanol–water partition coefficient (Wildman–Crippen LogP) is 2.13. The van der Waals surface area contributed by atoms with Crippen LogP contribution >= 0.6 is 12.4 Å². The molecule has 0 unspecified atom stereocenters. The predicted molar refractivity (Wildman–Crippen MR) is 84.2 cm³/mol. The Labute approximate surface area is 127 Å². The van der Waals surface area contributed by atoms with Gasteiger partial charge in [-0.3, -0.25) is 0 Å². The maximum atomic E-state index is 12.4. The van der Waals surface area contributed by atoms with E-state index in [1.807, 2.05) is 24.3 Å². The Bertz CT molecular complexity index is 526. The van der Waals surface area contributed by atoms with Crippen molar-refractivity contribution in [1.82, 2.24) is 4.31 Å². The largest absolute Gasteiger partial charge is 0.326 e. The fourth-order valence-corrected chi connectivity index (χ4v) is 4.07. The summed E-state index contributed by atoms with van der Waals surface area (Å²) in [6, 6.07) is 7.50. The summed E-state index contributed by atoms with van der Waals surface area (Å²) in [6.07, 6.45) is 1.91. The summed E-state index contributed by atoms with van der Waals surface area (Å²) in [6.45, 7) is 3.85. The average molecular weight is 319 g/mol. The van der Waals surface area contributed by atoms with Gasteiger partial charge in [0.05, 0.1) is 5.75 Å². The summed E-state index contributed by atoms with van der Waals surface area (Å²) in [4.78, 5) is 0. The normalized spacial score (nSPS) is 17.7. The Hall–Kier alpha value is -0.620. The van der Waals surface area contributed by atoms with Gasteiger partial charge in [0.15, 0.2) is 0 Å². The number of hydrogen-bond donors (Lipinski definition) is 1. The van der Waals surface area contributed by atoms with Crippen LogP contribution < -0.4 is 5.73 Å². The Balaban J connectivity index is 0.00000200. The second kappa shape index (κ2) is 7.41. The number of hydrogen-bond acceptors (Lipinski definition) is 3. The zero-order valence-electron chi connectivity index (χ0n) is 11.8. The van der Waals surface area contributed by atoms with Crippen molar-refractivity contribution in [2.24, 2.45) is 11.7 Å². The number of halogens is 1. The molecule has 1 aliphatic heterocycles. The van der Waals surface area contributed by atoms with Crippen LogP contribution in [0.3, 0.4) is 0 Å².